The molecule has 1 unspecified atom stereocenters. The summed E-state index contributed by atoms with van der Waals surface area (Å²) in [5.41, 5.74) is 3.61. The van der Waals surface area contributed by atoms with Crippen molar-refractivity contribution >= 4 is 15.9 Å². The van der Waals surface area contributed by atoms with E-state index in [-0.39, 0.29) is 5.88 Å². The summed E-state index contributed by atoms with van der Waals surface area (Å²) in [5, 5.41) is 0. The topological polar surface area (TPSA) is 82.3 Å². The Labute approximate surface area is 129 Å². The molecule has 21 heavy (non-hydrogen) atoms. The van der Waals surface area contributed by atoms with Crippen LogP contribution in [0.1, 0.15) is 17.3 Å². The van der Waals surface area contributed by atoms with Crippen molar-refractivity contribution in [1.82, 2.24) is 15.4 Å². The lowest BCUT2D eigenvalue weighted by atomic mass is 10.0. The van der Waals surface area contributed by atoms with Crippen molar-refractivity contribution in [2.24, 2.45) is 5.84 Å². The summed E-state index contributed by atoms with van der Waals surface area (Å²) in [6.45, 7) is 0. The van der Waals surface area contributed by atoms with Crippen LogP contribution < -0.4 is 20.7 Å². The van der Waals surface area contributed by atoms with E-state index in [9.17, 15) is 4.39 Å². The molecular weight excluding hydrogens is 343 g/mol. The van der Waals surface area contributed by atoms with Gasteiger partial charge >= 0.3 is 0 Å². The van der Waals surface area contributed by atoms with Crippen LogP contribution in [0.3, 0.4) is 0 Å². The second kappa shape index (κ2) is 6.79. The van der Waals surface area contributed by atoms with Gasteiger partial charge in [0.2, 0.25) is 11.8 Å². The molecule has 6 nitrogen and oxygen atoms in total. The van der Waals surface area contributed by atoms with Crippen molar-refractivity contribution in [3.8, 4) is 11.8 Å². The zero-order valence-corrected chi connectivity index (χ0v) is 13.0. The van der Waals surface area contributed by atoms with Gasteiger partial charge in [0.05, 0.1) is 30.9 Å². The SMILES string of the molecule is COc1cnc(C(NN)c2ccc(Br)c(F)c2)c(OC)n1. The molecule has 8 heteroatoms. The van der Waals surface area contributed by atoms with Gasteiger partial charge in [0.25, 0.3) is 0 Å². The third kappa shape index (κ3) is 3.29. The van der Waals surface area contributed by atoms with Crippen molar-refractivity contribution < 1.29 is 13.9 Å². The van der Waals surface area contributed by atoms with Gasteiger partial charge in [-0.3, -0.25) is 5.84 Å². The van der Waals surface area contributed by atoms with Crippen LogP contribution in [0.4, 0.5) is 4.39 Å². The molecule has 0 saturated carbocycles. The first-order chi connectivity index (χ1) is 10.1. The predicted octanol–water partition coefficient (Wildman–Crippen LogP) is 1.95. The molecule has 0 aliphatic rings. The molecule has 0 fully saturated rings. The van der Waals surface area contributed by atoms with Crippen molar-refractivity contribution in [2.45, 2.75) is 6.04 Å². The maximum atomic E-state index is 13.7. The molecule has 0 bridgehead atoms. The van der Waals surface area contributed by atoms with Crippen LogP contribution in [0, 0.1) is 5.82 Å². The molecule has 0 spiro atoms. The van der Waals surface area contributed by atoms with Gasteiger partial charge in [-0.15, -0.1) is 0 Å². The first-order valence-electron chi connectivity index (χ1n) is 5.96. The monoisotopic (exact) mass is 356 g/mol. The third-order valence-corrected chi connectivity index (χ3v) is 3.51. The number of nitrogens with zero attached hydrogens (tertiary/aromatic N) is 2. The summed E-state index contributed by atoms with van der Waals surface area (Å²) in [6.07, 6.45) is 1.44. The van der Waals surface area contributed by atoms with E-state index in [4.69, 9.17) is 15.3 Å². The Morgan fingerprint density at radius 2 is 2.10 bits per heavy atom. The summed E-state index contributed by atoms with van der Waals surface area (Å²) < 4.78 is 24.2. The summed E-state index contributed by atoms with van der Waals surface area (Å²) in [5.74, 6) is 5.75. The Kier molecular flexibility index (Phi) is 5.05. The fourth-order valence-corrected chi connectivity index (χ4v) is 2.08. The van der Waals surface area contributed by atoms with Crippen LogP contribution in [-0.2, 0) is 0 Å². The van der Waals surface area contributed by atoms with Crippen molar-refractivity contribution in [1.29, 1.82) is 0 Å². The highest BCUT2D eigenvalue weighted by Gasteiger charge is 2.21. The van der Waals surface area contributed by atoms with E-state index in [2.05, 4.69) is 31.3 Å². The molecule has 0 aliphatic carbocycles. The van der Waals surface area contributed by atoms with Gasteiger partial charge in [-0.25, -0.2) is 14.8 Å². The van der Waals surface area contributed by atoms with E-state index in [1.165, 1.54) is 26.5 Å². The smallest absolute Gasteiger partial charge is 0.240 e. The molecule has 0 aliphatic heterocycles. The number of hydrazine groups is 1. The van der Waals surface area contributed by atoms with Gasteiger partial charge < -0.3 is 9.47 Å². The van der Waals surface area contributed by atoms with Crippen molar-refractivity contribution in [2.75, 3.05) is 14.2 Å². The van der Waals surface area contributed by atoms with Gasteiger partial charge in [-0.2, -0.15) is 4.98 Å². The van der Waals surface area contributed by atoms with Crippen molar-refractivity contribution in [3.63, 3.8) is 0 Å². The zero-order chi connectivity index (χ0) is 15.4. The highest BCUT2D eigenvalue weighted by molar-refractivity contribution is 9.10. The van der Waals surface area contributed by atoms with Crippen LogP contribution in [0.25, 0.3) is 0 Å². The van der Waals surface area contributed by atoms with E-state index in [0.717, 1.165) is 0 Å². The second-order valence-electron chi connectivity index (χ2n) is 4.08. The lowest BCUT2D eigenvalue weighted by molar-refractivity contribution is 0.352. The molecule has 3 N–H and O–H groups in total. The molecular formula is C13H14BrFN4O2. The molecule has 112 valence electrons. The molecule has 2 aromatic rings. The fourth-order valence-electron chi connectivity index (χ4n) is 1.84. The lowest BCUT2D eigenvalue weighted by Gasteiger charge is -2.18. The Morgan fingerprint density at radius 3 is 2.67 bits per heavy atom. The third-order valence-electron chi connectivity index (χ3n) is 2.86. The molecule has 2 rings (SSSR count). The van der Waals surface area contributed by atoms with E-state index >= 15 is 0 Å². The van der Waals surface area contributed by atoms with Crippen LogP contribution >= 0.6 is 15.9 Å². The molecule has 1 aromatic carbocycles. The highest BCUT2D eigenvalue weighted by Crippen LogP contribution is 2.29. The number of rotatable bonds is 5. The number of halogens is 2. The first-order valence-corrected chi connectivity index (χ1v) is 6.76. The molecule has 0 radical (unpaired) electrons. The van der Waals surface area contributed by atoms with Gasteiger partial charge in [-0.1, -0.05) is 6.07 Å². The number of aromatic nitrogens is 2. The maximum absolute atomic E-state index is 13.7. The van der Waals surface area contributed by atoms with Crippen LogP contribution in [-0.4, -0.2) is 24.2 Å². The predicted molar refractivity (Wildman–Crippen MR) is 78.4 cm³/mol. The Morgan fingerprint density at radius 1 is 1.33 bits per heavy atom. The van der Waals surface area contributed by atoms with Crippen LogP contribution in [0.15, 0.2) is 28.9 Å². The van der Waals surface area contributed by atoms with E-state index < -0.39 is 11.9 Å². The molecule has 1 atom stereocenters. The maximum Gasteiger partial charge on any atom is 0.240 e. The van der Waals surface area contributed by atoms with Gasteiger partial charge in [0.15, 0.2) is 0 Å². The standard InChI is InChI=1S/C13H14BrFN4O2/c1-20-10-6-17-12(13(18-10)21-2)11(19-16)7-3-4-8(14)9(15)5-7/h3-6,11,19H,16H2,1-2H3. The number of methoxy groups -OCH3 is 2. The van der Waals surface area contributed by atoms with Gasteiger partial charge in [0.1, 0.15) is 11.5 Å². The highest BCUT2D eigenvalue weighted by atomic mass is 79.9. The summed E-state index contributed by atoms with van der Waals surface area (Å²) >= 11 is 3.11. The minimum absolute atomic E-state index is 0.251. The molecule has 1 heterocycles. The molecule has 0 saturated heterocycles. The fraction of sp³-hybridized carbons (Fsp3) is 0.231. The largest absolute Gasteiger partial charge is 0.480 e. The molecule has 0 amide bonds. The Balaban J connectivity index is 2.47. The number of hydrogen-bond donors (Lipinski definition) is 2. The van der Waals surface area contributed by atoms with Crippen LogP contribution in [0.5, 0.6) is 11.8 Å². The lowest BCUT2D eigenvalue weighted by Crippen LogP contribution is -2.30. The minimum Gasteiger partial charge on any atom is -0.480 e. The zero-order valence-electron chi connectivity index (χ0n) is 11.4. The van der Waals surface area contributed by atoms with E-state index in [1.54, 1.807) is 12.1 Å². The van der Waals surface area contributed by atoms with E-state index in [0.29, 0.717) is 21.6 Å². The van der Waals surface area contributed by atoms with Crippen molar-refractivity contribution in [3.05, 3.63) is 45.9 Å². The Bertz CT molecular complexity index is 642. The first kappa shape index (κ1) is 15.6. The van der Waals surface area contributed by atoms with Crippen LogP contribution in [0.2, 0.25) is 0 Å². The second-order valence-corrected chi connectivity index (χ2v) is 4.93. The molecule has 1 aromatic heterocycles. The summed E-state index contributed by atoms with van der Waals surface area (Å²) in [4.78, 5) is 8.37. The number of ether oxygens (including phenoxy) is 2. The van der Waals surface area contributed by atoms with Gasteiger partial charge in [0, 0.05) is 0 Å². The van der Waals surface area contributed by atoms with Gasteiger partial charge in [-0.05, 0) is 33.6 Å². The Hall–Kier alpha value is -1.77. The number of nitrogens with one attached hydrogen (secondary N) is 1. The van der Waals surface area contributed by atoms with E-state index in [1.807, 2.05) is 0 Å². The quantitative estimate of drug-likeness (QED) is 0.629. The normalized spacial score (nSPS) is 12.0. The summed E-state index contributed by atoms with van der Waals surface area (Å²) in [6, 6.07) is 4.11. The minimum atomic E-state index is -0.569. The summed E-state index contributed by atoms with van der Waals surface area (Å²) in [7, 11) is 2.94. The number of benzene rings is 1. The number of hydrogen-bond acceptors (Lipinski definition) is 6. The number of nitrogens with two attached hydrogens (primary N) is 1. The average molecular weight is 357 g/mol. The average Bonchev–Trinajstić information content (AvgIpc) is 2.51.